The third-order valence-electron chi connectivity index (χ3n) is 1.67. The van der Waals surface area contributed by atoms with Crippen molar-refractivity contribution in [2.24, 2.45) is 0 Å². The average Bonchev–Trinajstić information content (AvgIpc) is 2.04. The van der Waals surface area contributed by atoms with Crippen LogP contribution in [-0.4, -0.2) is 15.1 Å². The highest BCUT2D eigenvalue weighted by Gasteiger charge is 2.03. The summed E-state index contributed by atoms with van der Waals surface area (Å²) >= 11 is 0. The van der Waals surface area contributed by atoms with Crippen molar-refractivity contribution in [3.05, 3.63) is 24.5 Å². The van der Waals surface area contributed by atoms with Crippen molar-refractivity contribution in [2.45, 2.75) is 0 Å². The number of aromatic nitrogens is 2. The minimum atomic E-state index is 0.116. The Hall–Kier alpha value is -1.84. The largest absolute Gasteiger partial charge is 0.507 e. The molecule has 4 heteroatoms. The molecule has 0 fully saturated rings. The van der Waals surface area contributed by atoms with Gasteiger partial charge in [-0.1, -0.05) is 6.07 Å². The number of fused-ring (bicyclic) bond motifs is 1. The maximum absolute atomic E-state index is 9.39. The second-order valence-corrected chi connectivity index (χ2v) is 2.43. The van der Waals surface area contributed by atoms with E-state index in [0.717, 1.165) is 0 Å². The van der Waals surface area contributed by atoms with Gasteiger partial charge in [-0.3, -0.25) is 0 Å². The van der Waals surface area contributed by atoms with Crippen molar-refractivity contribution in [2.75, 3.05) is 5.73 Å². The fourth-order valence-corrected chi connectivity index (χ4v) is 1.12. The number of anilines is 1. The minimum absolute atomic E-state index is 0.116. The second kappa shape index (κ2) is 2.34. The molecule has 0 saturated carbocycles. The lowest BCUT2D eigenvalue weighted by Gasteiger charge is -2.00. The van der Waals surface area contributed by atoms with Crippen molar-refractivity contribution < 1.29 is 5.11 Å². The van der Waals surface area contributed by atoms with E-state index in [1.807, 2.05) is 0 Å². The highest BCUT2D eigenvalue weighted by Crippen LogP contribution is 2.25. The Morgan fingerprint density at radius 3 is 2.83 bits per heavy atom. The summed E-state index contributed by atoms with van der Waals surface area (Å²) in [5, 5.41) is 9.91. The topological polar surface area (TPSA) is 72.0 Å². The molecule has 2 aromatic rings. The maximum atomic E-state index is 9.39. The van der Waals surface area contributed by atoms with Crippen LogP contribution >= 0.6 is 0 Å². The summed E-state index contributed by atoms with van der Waals surface area (Å²) in [6, 6.07) is 5.04. The van der Waals surface area contributed by atoms with Crippen LogP contribution in [0.15, 0.2) is 24.5 Å². The van der Waals surface area contributed by atoms with Crippen molar-refractivity contribution >= 4 is 16.7 Å². The van der Waals surface area contributed by atoms with Crippen LogP contribution < -0.4 is 5.73 Å². The van der Waals surface area contributed by atoms with E-state index in [4.69, 9.17) is 5.73 Å². The molecule has 0 spiro atoms. The van der Waals surface area contributed by atoms with Gasteiger partial charge in [0.2, 0.25) is 0 Å². The van der Waals surface area contributed by atoms with Crippen LogP contribution in [0.5, 0.6) is 5.75 Å². The monoisotopic (exact) mass is 161 g/mol. The number of nitrogen functional groups attached to an aromatic ring is 1. The van der Waals surface area contributed by atoms with Gasteiger partial charge in [0, 0.05) is 0 Å². The summed E-state index contributed by atoms with van der Waals surface area (Å²) in [6.45, 7) is 0. The van der Waals surface area contributed by atoms with Gasteiger partial charge in [-0.15, -0.1) is 0 Å². The standard InChI is InChI=1S/C8H7N3O/c9-8-7-5(10-4-11-8)2-1-3-6(7)12/h1-4,12H,(H2,9,10,11). The third-order valence-corrected chi connectivity index (χ3v) is 1.67. The lowest BCUT2D eigenvalue weighted by Crippen LogP contribution is -1.92. The molecule has 0 amide bonds. The summed E-state index contributed by atoms with van der Waals surface area (Å²) < 4.78 is 0. The number of hydrogen-bond donors (Lipinski definition) is 2. The summed E-state index contributed by atoms with van der Waals surface area (Å²) in [5.74, 6) is 0.420. The van der Waals surface area contributed by atoms with E-state index in [-0.39, 0.29) is 5.75 Å². The van der Waals surface area contributed by atoms with Gasteiger partial charge in [-0.2, -0.15) is 0 Å². The molecule has 0 bridgehead atoms. The number of rotatable bonds is 0. The van der Waals surface area contributed by atoms with E-state index >= 15 is 0 Å². The molecule has 0 aliphatic carbocycles. The van der Waals surface area contributed by atoms with E-state index < -0.39 is 0 Å². The number of benzene rings is 1. The number of phenolic OH excluding ortho intramolecular Hbond substituents is 1. The maximum Gasteiger partial charge on any atom is 0.138 e. The fourth-order valence-electron chi connectivity index (χ4n) is 1.12. The van der Waals surface area contributed by atoms with E-state index in [9.17, 15) is 5.11 Å². The van der Waals surface area contributed by atoms with Gasteiger partial charge in [0.15, 0.2) is 0 Å². The molecule has 0 unspecified atom stereocenters. The van der Waals surface area contributed by atoms with Crippen molar-refractivity contribution in [3.63, 3.8) is 0 Å². The Kier molecular flexibility index (Phi) is 1.33. The molecular weight excluding hydrogens is 154 g/mol. The SMILES string of the molecule is Nc1ncnc2cccc(O)c12. The number of nitrogens with zero attached hydrogens (tertiary/aromatic N) is 2. The minimum Gasteiger partial charge on any atom is -0.507 e. The lowest BCUT2D eigenvalue weighted by atomic mass is 10.2. The smallest absolute Gasteiger partial charge is 0.138 e. The van der Waals surface area contributed by atoms with Gasteiger partial charge in [-0.05, 0) is 12.1 Å². The van der Waals surface area contributed by atoms with Gasteiger partial charge in [0.05, 0.1) is 10.9 Å². The molecule has 1 aromatic heterocycles. The van der Waals surface area contributed by atoms with Crippen molar-refractivity contribution in [1.29, 1.82) is 0 Å². The number of nitrogens with two attached hydrogens (primary N) is 1. The molecule has 4 nitrogen and oxygen atoms in total. The van der Waals surface area contributed by atoms with Crippen LogP contribution in [0.1, 0.15) is 0 Å². The Labute approximate surface area is 68.7 Å². The highest BCUT2D eigenvalue weighted by atomic mass is 16.3. The quantitative estimate of drug-likeness (QED) is 0.602. The normalized spacial score (nSPS) is 10.3. The van der Waals surface area contributed by atoms with Gasteiger partial charge in [0.25, 0.3) is 0 Å². The van der Waals surface area contributed by atoms with E-state index in [1.54, 1.807) is 18.2 Å². The van der Waals surface area contributed by atoms with Gasteiger partial charge in [0.1, 0.15) is 17.9 Å². The molecule has 3 N–H and O–H groups in total. The number of phenols is 1. The lowest BCUT2D eigenvalue weighted by molar-refractivity contribution is 0.481. The van der Waals surface area contributed by atoms with Crippen LogP contribution in [0.25, 0.3) is 10.9 Å². The molecule has 0 saturated heterocycles. The van der Waals surface area contributed by atoms with E-state index in [1.165, 1.54) is 6.33 Å². The fraction of sp³-hybridized carbons (Fsp3) is 0. The van der Waals surface area contributed by atoms with Crippen LogP contribution in [0.2, 0.25) is 0 Å². The van der Waals surface area contributed by atoms with Crippen LogP contribution in [0, 0.1) is 0 Å². The number of aromatic hydroxyl groups is 1. The van der Waals surface area contributed by atoms with Crippen molar-refractivity contribution in [1.82, 2.24) is 9.97 Å². The highest BCUT2D eigenvalue weighted by molar-refractivity contribution is 5.92. The molecule has 12 heavy (non-hydrogen) atoms. The summed E-state index contributed by atoms with van der Waals surface area (Å²) in [7, 11) is 0. The Balaban J connectivity index is 2.96. The van der Waals surface area contributed by atoms with Crippen molar-refractivity contribution in [3.8, 4) is 5.75 Å². The van der Waals surface area contributed by atoms with Crippen LogP contribution in [-0.2, 0) is 0 Å². The third kappa shape index (κ3) is 0.852. The Morgan fingerprint density at radius 2 is 2.08 bits per heavy atom. The summed E-state index contributed by atoms with van der Waals surface area (Å²) in [5.41, 5.74) is 6.20. The first kappa shape index (κ1) is 6.84. The molecule has 0 aliphatic heterocycles. The first-order valence-corrected chi connectivity index (χ1v) is 3.47. The zero-order chi connectivity index (χ0) is 8.55. The zero-order valence-electron chi connectivity index (χ0n) is 6.23. The van der Waals surface area contributed by atoms with E-state index in [0.29, 0.717) is 16.7 Å². The first-order valence-electron chi connectivity index (χ1n) is 3.47. The number of hydrogen-bond acceptors (Lipinski definition) is 4. The molecule has 1 heterocycles. The predicted octanol–water partition coefficient (Wildman–Crippen LogP) is 0.918. The summed E-state index contributed by atoms with van der Waals surface area (Å²) in [4.78, 5) is 7.73. The predicted molar refractivity (Wildman–Crippen MR) is 45.6 cm³/mol. The summed E-state index contributed by atoms with van der Waals surface area (Å²) in [6.07, 6.45) is 1.37. The van der Waals surface area contributed by atoms with Crippen LogP contribution in [0.3, 0.4) is 0 Å². The second-order valence-electron chi connectivity index (χ2n) is 2.43. The van der Waals surface area contributed by atoms with Gasteiger partial charge in [-0.25, -0.2) is 9.97 Å². The molecule has 0 aliphatic rings. The Morgan fingerprint density at radius 1 is 1.25 bits per heavy atom. The van der Waals surface area contributed by atoms with Gasteiger partial charge < -0.3 is 10.8 Å². The molecular formula is C8H7N3O. The Bertz CT molecular complexity index is 391. The van der Waals surface area contributed by atoms with Gasteiger partial charge >= 0.3 is 0 Å². The average molecular weight is 161 g/mol. The molecule has 60 valence electrons. The molecule has 0 atom stereocenters. The molecule has 0 radical (unpaired) electrons. The molecule has 2 rings (SSSR count). The molecule has 1 aromatic carbocycles. The van der Waals surface area contributed by atoms with Crippen LogP contribution in [0.4, 0.5) is 5.82 Å². The first-order chi connectivity index (χ1) is 5.79. The zero-order valence-corrected chi connectivity index (χ0v) is 6.23. The van der Waals surface area contributed by atoms with E-state index in [2.05, 4.69) is 9.97 Å².